The van der Waals surface area contributed by atoms with Crippen LogP contribution in [0.2, 0.25) is 0 Å². The van der Waals surface area contributed by atoms with Gasteiger partial charge in [-0.3, -0.25) is 0 Å². The highest BCUT2D eigenvalue weighted by Gasteiger charge is 2.15. The highest BCUT2D eigenvalue weighted by Crippen LogP contribution is 2.18. The van der Waals surface area contributed by atoms with Gasteiger partial charge in [-0.15, -0.1) is 0 Å². The summed E-state index contributed by atoms with van der Waals surface area (Å²) in [5, 5.41) is 3.96. The van der Waals surface area contributed by atoms with E-state index in [0.717, 1.165) is 38.2 Å². The van der Waals surface area contributed by atoms with E-state index in [0.29, 0.717) is 5.89 Å². The molecule has 0 amide bonds. The van der Waals surface area contributed by atoms with Crippen molar-refractivity contribution in [2.45, 2.75) is 26.2 Å². The molecule has 0 saturated carbocycles. The lowest BCUT2D eigenvalue weighted by atomic mass is 10.1. The first-order valence-electron chi connectivity index (χ1n) is 5.50. The Morgan fingerprint density at radius 2 is 2.40 bits per heavy atom. The largest absolute Gasteiger partial charge is 0.334 e. The number of rotatable bonds is 3. The van der Waals surface area contributed by atoms with Gasteiger partial charge in [-0.2, -0.15) is 4.98 Å². The molecule has 0 atom stereocenters. The van der Waals surface area contributed by atoms with E-state index in [9.17, 15) is 0 Å². The van der Waals surface area contributed by atoms with Crippen molar-refractivity contribution >= 4 is 5.57 Å². The molecule has 2 rings (SSSR count). The minimum Gasteiger partial charge on any atom is -0.334 e. The second kappa shape index (κ2) is 4.57. The molecule has 0 aliphatic carbocycles. The molecule has 0 spiro atoms. The molecule has 82 valence electrons. The topological polar surface area (TPSA) is 42.2 Å². The molecule has 1 aromatic heterocycles. The average Bonchev–Trinajstić information content (AvgIpc) is 2.67. The molecular formula is C11H17N3O. The summed E-state index contributed by atoms with van der Waals surface area (Å²) in [5.74, 6) is 1.52. The third-order valence-electron chi connectivity index (χ3n) is 2.56. The van der Waals surface area contributed by atoms with Gasteiger partial charge in [0.2, 0.25) is 0 Å². The molecule has 1 aliphatic rings. The van der Waals surface area contributed by atoms with Crippen LogP contribution in [0.25, 0.3) is 5.57 Å². The summed E-state index contributed by atoms with van der Waals surface area (Å²) in [4.78, 5) is 6.65. The standard InChI is InChI=1S/C11H17N3O/c1-3-5-10-12-11(15-13-10)9-6-4-7-14(2)8-9/h6H,3-5,7-8H2,1-2H3. The van der Waals surface area contributed by atoms with Crippen molar-refractivity contribution in [2.24, 2.45) is 0 Å². The van der Waals surface area contributed by atoms with Crippen molar-refractivity contribution in [1.82, 2.24) is 15.0 Å². The molecule has 0 saturated heterocycles. The third kappa shape index (κ3) is 2.45. The molecule has 2 heterocycles. The van der Waals surface area contributed by atoms with Crippen LogP contribution in [-0.4, -0.2) is 35.2 Å². The first kappa shape index (κ1) is 10.4. The van der Waals surface area contributed by atoms with Crippen LogP contribution in [0.4, 0.5) is 0 Å². The Morgan fingerprint density at radius 3 is 3.13 bits per heavy atom. The average molecular weight is 207 g/mol. The number of nitrogens with zero attached hydrogens (tertiary/aromatic N) is 3. The van der Waals surface area contributed by atoms with E-state index in [1.54, 1.807) is 0 Å². The van der Waals surface area contributed by atoms with Crippen LogP contribution in [0, 0.1) is 0 Å². The van der Waals surface area contributed by atoms with E-state index in [-0.39, 0.29) is 0 Å². The van der Waals surface area contributed by atoms with Crippen molar-refractivity contribution in [3.63, 3.8) is 0 Å². The van der Waals surface area contributed by atoms with Gasteiger partial charge in [-0.05, 0) is 19.9 Å². The highest BCUT2D eigenvalue weighted by atomic mass is 16.5. The summed E-state index contributed by atoms with van der Waals surface area (Å²) in [5.41, 5.74) is 1.17. The molecule has 1 aliphatic heterocycles. The van der Waals surface area contributed by atoms with Gasteiger partial charge in [-0.25, -0.2) is 0 Å². The van der Waals surface area contributed by atoms with Gasteiger partial charge < -0.3 is 9.42 Å². The number of hydrogen-bond acceptors (Lipinski definition) is 4. The molecular weight excluding hydrogens is 190 g/mol. The van der Waals surface area contributed by atoms with Gasteiger partial charge in [0, 0.05) is 25.1 Å². The Morgan fingerprint density at radius 1 is 1.53 bits per heavy atom. The van der Waals surface area contributed by atoms with Crippen molar-refractivity contribution in [2.75, 3.05) is 20.1 Å². The van der Waals surface area contributed by atoms with Crippen LogP contribution < -0.4 is 0 Å². The van der Waals surface area contributed by atoms with Gasteiger partial charge in [0.1, 0.15) is 0 Å². The molecule has 0 aromatic carbocycles. The molecule has 4 heteroatoms. The number of aryl methyl sites for hydroxylation is 1. The maximum absolute atomic E-state index is 5.25. The second-order valence-electron chi connectivity index (χ2n) is 4.02. The molecule has 1 aromatic rings. The molecule has 0 radical (unpaired) electrons. The first-order chi connectivity index (χ1) is 7.29. The van der Waals surface area contributed by atoms with Crippen molar-refractivity contribution in [3.8, 4) is 0 Å². The first-order valence-corrected chi connectivity index (χ1v) is 5.50. The fourth-order valence-electron chi connectivity index (χ4n) is 1.76. The maximum Gasteiger partial charge on any atom is 0.254 e. The van der Waals surface area contributed by atoms with Crippen LogP contribution in [0.15, 0.2) is 10.6 Å². The normalized spacial score (nSPS) is 17.9. The van der Waals surface area contributed by atoms with Crippen LogP contribution in [0.5, 0.6) is 0 Å². The summed E-state index contributed by atoms with van der Waals surface area (Å²) >= 11 is 0. The van der Waals surface area contributed by atoms with Gasteiger partial charge >= 0.3 is 0 Å². The zero-order valence-electron chi connectivity index (χ0n) is 9.36. The predicted molar refractivity (Wildman–Crippen MR) is 58.4 cm³/mol. The van der Waals surface area contributed by atoms with E-state index in [1.807, 2.05) is 0 Å². The molecule has 0 bridgehead atoms. The minimum atomic E-state index is 0.699. The Hall–Kier alpha value is -1.16. The third-order valence-corrected chi connectivity index (χ3v) is 2.56. The summed E-state index contributed by atoms with van der Waals surface area (Å²) in [7, 11) is 2.11. The second-order valence-corrected chi connectivity index (χ2v) is 4.02. The Labute approximate surface area is 90.0 Å². The fourth-order valence-corrected chi connectivity index (χ4v) is 1.76. The van der Waals surface area contributed by atoms with E-state index in [2.05, 4.69) is 35.1 Å². The van der Waals surface area contributed by atoms with E-state index >= 15 is 0 Å². The van der Waals surface area contributed by atoms with Crippen molar-refractivity contribution < 1.29 is 4.52 Å². The van der Waals surface area contributed by atoms with Gasteiger partial charge in [-0.1, -0.05) is 18.2 Å². The lowest BCUT2D eigenvalue weighted by Crippen LogP contribution is -2.25. The lowest BCUT2D eigenvalue weighted by Gasteiger charge is -2.20. The van der Waals surface area contributed by atoms with E-state index in [4.69, 9.17) is 4.52 Å². The monoisotopic (exact) mass is 207 g/mol. The quantitative estimate of drug-likeness (QED) is 0.757. The summed E-state index contributed by atoms with van der Waals surface area (Å²) in [6.45, 7) is 4.14. The number of hydrogen-bond donors (Lipinski definition) is 0. The Balaban J connectivity index is 2.11. The van der Waals surface area contributed by atoms with Crippen LogP contribution in [0.1, 0.15) is 31.5 Å². The molecule has 0 fully saturated rings. The van der Waals surface area contributed by atoms with Crippen LogP contribution >= 0.6 is 0 Å². The zero-order chi connectivity index (χ0) is 10.7. The van der Waals surface area contributed by atoms with Crippen molar-refractivity contribution in [1.29, 1.82) is 0 Å². The Kier molecular flexibility index (Phi) is 3.16. The maximum atomic E-state index is 5.25. The molecule has 15 heavy (non-hydrogen) atoms. The minimum absolute atomic E-state index is 0.699. The fraction of sp³-hybridized carbons (Fsp3) is 0.636. The van der Waals surface area contributed by atoms with Gasteiger partial charge in [0.15, 0.2) is 5.82 Å². The molecule has 0 unspecified atom stereocenters. The molecule has 4 nitrogen and oxygen atoms in total. The van der Waals surface area contributed by atoms with Gasteiger partial charge in [0.05, 0.1) is 0 Å². The van der Waals surface area contributed by atoms with Crippen LogP contribution in [0.3, 0.4) is 0 Å². The summed E-state index contributed by atoms with van der Waals surface area (Å²) in [6, 6.07) is 0. The number of likely N-dealkylation sites (N-methyl/N-ethyl adjacent to an activating group) is 1. The van der Waals surface area contributed by atoms with E-state index < -0.39 is 0 Å². The summed E-state index contributed by atoms with van der Waals surface area (Å²) < 4.78 is 5.25. The molecule has 0 N–H and O–H groups in total. The van der Waals surface area contributed by atoms with Crippen LogP contribution in [-0.2, 0) is 6.42 Å². The van der Waals surface area contributed by atoms with Crippen molar-refractivity contribution in [3.05, 3.63) is 17.8 Å². The summed E-state index contributed by atoms with van der Waals surface area (Å²) in [6.07, 6.45) is 5.21. The predicted octanol–water partition coefficient (Wildman–Crippen LogP) is 1.74. The lowest BCUT2D eigenvalue weighted by molar-refractivity contribution is 0.356. The highest BCUT2D eigenvalue weighted by molar-refractivity contribution is 5.60. The Bertz CT molecular complexity index is 356. The SMILES string of the molecule is CCCc1noc(C2=CCCN(C)C2)n1. The van der Waals surface area contributed by atoms with E-state index in [1.165, 1.54) is 5.57 Å². The smallest absolute Gasteiger partial charge is 0.254 e. The van der Waals surface area contributed by atoms with Gasteiger partial charge in [0.25, 0.3) is 5.89 Å². The zero-order valence-corrected chi connectivity index (χ0v) is 9.36. The number of aromatic nitrogens is 2.